The van der Waals surface area contributed by atoms with Crippen LogP contribution in [0.3, 0.4) is 0 Å². The molecule has 1 amide bonds. The zero-order valence-corrected chi connectivity index (χ0v) is 14.3. The Bertz CT molecular complexity index is 730. The van der Waals surface area contributed by atoms with Gasteiger partial charge in [0.1, 0.15) is 11.6 Å². The van der Waals surface area contributed by atoms with Gasteiger partial charge in [-0.1, -0.05) is 12.1 Å². The molecule has 2 aromatic rings. The van der Waals surface area contributed by atoms with Crippen LogP contribution in [0.15, 0.2) is 47.4 Å². The second kappa shape index (κ2) is 7.34. The van der Waals surface area contributed by atoms with Gasteiger partial charge in [0.2, 0.25) is 0 Å². The normalized spacial score (nSPS) is 17.3. The zero-order chi connectivity index (χ0) is 17.1. The third kappa shape index (κ3) is 3.78. The molecule has 2 nitrogen and oxygen atoms in total. The van der Waals surface area contributed by atoms with Crippen LogP contribution in [0, 0.1) is 17.6 Å². The number of hydrogen-bond acceptors (Lipinski definition) is 2. The van der Waals surface area contributed by atoms with Gasteiger partial charge in [-0.15, -0.1) is 11.8 Å². The minimum absolute atomic E-state index is 0.0351. The van der Waals surface area contributed by atoms with Crippen molar-refractivity contribution in [2.45, 2.75) is 17.7 Å². The molecule has 3 rings (SSSR count). The van der Waals surface area contributed by atoms with Crippen LogP contribution in [0.5, 0.6) is 0 Å². The monoisotopic (exact) mass is 347 g/mol. The standard InChI is InChI=1S/C19H19F2NOS/c1-24-18-5-3-2-4-17(18)19(23)22-7-6-13(12-22)8-14-9-15(20)11-16(21)10-14/h2-5,9-11,13H,6-8,12H2,1H3. The van der Waals surface area contributed by atoms with Gasteiger partial charge in [-0.25, -0.2) is 8.78 Å². The Hall–Kier alpha value is -1.88. The second-order valence-electron chi connectivity index (χ2n) is 6.09. The molecule has 0 radical (unpaired) electrons. The van der Waals surface area contributed by atoms with Crippen LogP contribution >= 0.6 is 11.8 Å². The van der Waals surface area contributed by atoms with Crippen molar-refractivity contribution in [3.05, 3.63) is 65.2 Å². The van der Waals surface area contributed by atoms with E-state index >= 15 is 0 Å². The van der Waals surface area contributed by atoms with E-state index in [-0.39, 0.29) is 11.8 Å². The molecule has 1 heterocycles. The molecule has 0 bridgehead atoms. The highest BCUT2D eigenvalue weighted by atomic mass is 32.2. The van der Waals surface area contributed by atoms with E-state index in [9.17, 15) is 13.6 Å². The second-order valence-corrected chi connectivity index (χ2v) is 6.94. The molecule has 0 aliphatic carbocycles. The van der Waals surface area contributed by atoms with Crippen molar-refractivity contribution in [1.82, 2.24) is 4.90 Å². The van der Waals surface area contributed by atoms with Gasteiger partial charge < -0.3 is 4.90 Å². The largest absolute Gasteiger partial charge is 0.338 e. The fourth-order valence-electron chi connectivity index (χ4n) is 3.24. The first-order valence-electron chi connectivity index (χ1n) is 7.94. The first kappa shape index (κ1) is 17.0. The molecule has 2 aromatic carbocycles. The molecule has 1 saturated heterocycles. The molecular weight excluding hydrogens is 328 g/mol. The summed E-state index contributed by atoms with van der Waals surface area (Å²) in [5, 5.41) is 0. The Labute approximate surface area is 144 Å². The van der Waals surface area contributed by atoms with Crippen molar-refractivity contribution < 1.29 is 13.6 Å². The van der Waals surface area contributed by atoms with Crippen LogP contribution in [0.2, 0.25) is 0 Å². The topological polar surface area (TPSA) is 20.3 Å². The number of hydrogen-bond donors (Lipinski definition) is 0. The van der Waals surface area contributed by atoms with Crippen molar-refractivity contribution >= 4 is 17.7 Å². The van der Waals surface area contributed by atoms with Gasteiger partial charge in [0.25, 0.3) is 5.91 Å². The molecule has 1 aliphatic heterocycles. The Morgan fingerprint density at radius 2 is 1.92 bits per heavy atom. The average molecular weight is 347 g/mol. The van der Waals surface area contributed by atoms with Crippen molar-refractivity contribution in [2.75, 3.05) is 19.3 Å². The third-order valence-electron chi connectivity index (χ3n) is 4.36. The van der Waals surface area contributed by atoms with Gasteiger partial charge in [-0.05, 0) is 54.8 Å². The van der Waals surface area contributed by atoms with Gasteiger partial charge in [0.15, 0.2) is 0 Å². The van der Waals surface area contributed by atoms with E-state index < -0.39 is 11.6 Å². The molecule has 5 heteroatoms. The SMILES string of the molecule is CSc1ccccc1C(=O)N1CCC(Cc2cc(F)cc(F)c2)C1. The van der Waals surface area contributed by atoms with E-state index in [0.29, 0.717) is 25.1 Å². The third-order valence-corrected chi connectivity index (χ3v) is 5.15. The summed E-state index contributed by atoms with van der Waals surface area (Å²) in [5.74, 6) is -0.834. The number of benzene rings is 2. The Morgan fingerprint density at radius 3 is 2.62 bits per heavy atom. The molecule has 24 heavy (non-hydrogen) atoms. The van der Waals surface area contributed by atoms with E-state index in [1.165, 1.54) is 12.1 Å². The summed E-state index contributed by atoms with van der Waals surface area (Å²) in [7, 11) is 0. The molecule has 1 aliphatic rings. The van der Waals surface area contributed by atoms with Gasteiger partial charge in [0.05, 0.1) is 5.56 Å². The number of amides is 1. The summed E-state index contributed by atoms with van der Waals surface area (Å²) in [4.78, 5) is 15.5. The highest BCUT2D eigenvalue weighted by molar-refractivity contribution is 7.98. The van der Waals surface area contributed by atoms with Crippen LogP contribution in [0.1, 0.15) is 22.3 Å². The van der Waals surface area contributed by atoms with E-state index in [4.69, 9.17) is 0 Å². The van der Waals surface area contributed by atoms with Crippen LogP contribution in [0.25, 0.3) is 0 Å². The van der Waals surface area contributed by atoms with Gasteiger partial charge in [0, 0.05) is 24.1 Å². The summed E-state index contributed by atoms with van der Waals surface area (Å²) < 4.78 is 26.6. The summed E-state index contributed by atoms with van der Waals surface area (Å²) in [6.45, 7) is 1.31. The average Bonchev–Trinajstić information content (AvgIpc) is 3.01. The molecule has 1 fully saturated rings. The fourth-order valence-corrected chi connectivity index (χ4v) is 3.83. The number of likely N-dealkylation sites (tertiary alicyclic amines) is 1. The van der Waals surface area contributed by atoms with E-state index in [2.05, 4.69) is 0 Å². The number of rotatable bonds is 4. The minimum atomic E-state index is -0.551. The summed E-state index contributed by atoms with van der Waals surface area (Å²) in [6, 6.07) is 11.2. The minimum Gasteiger partial charge on any atom is -0.338 e. The number of carbonyl (C=O) groups is 1. The Kier molecular flexibility index (Phi) is 5.19. The molecular formula is C19H19F2NOS. The summed E-state index contributed by atoms with van der Waals surface area (Å²) in [5.41, 5.74) is 1.37. The molecule has 0 spiro atoms. The Balaban J connectivity index is 1.67. The van der Waals surface area contributed by atoms with Gasteiger partial charge in [-0.3, -0.25) is 4.79 Å². The first-order chi connectivity index (χ1) is 11.6. The van der Waals surface area contributed by atoms with Crippen molar-refractivity contribution in [2.24, 2.45) is 5.92 Å². The quantitative estimate of drug-likeness (QED) is 0.765. The molecule has 126 valence electrons. The van der Waals surface area contributed by atoms with Crippen LogP contribution in [0.4, 0.5) is 8.78 Å². The van der Waals surface area contributed by atoms with Gasteiger partial charge >= 0.3 is 0 Å². The molecule has 1 atom stereocenters. The van der Waals surface area contributed by atoms with Gasteiger partial charge in [-0.2, -0.15) is 0 Å². The molecule has 1 unspecified atom stereocenters. The van der Waals surface area contributed by atoms with Crippen LogP contribution < -0.4 is 0 Å². The Morgan fingerprint density at radius 1 is 1.21 bits per heavy atom. The number of carbonyl (C=O) groups excluding carboxylic acids is 1. The van der Waals surface area contributed by atoms with E-state index in [1.807, 2.05) is 35.4 Å². The maximum atomic E-state index is 13.3. The van der Waals surface area contributed by atoms with Crippen LogP contribution in [-0.4, -0.2) is 30.2 Å². The fraction of sp³-hybridized carbons (Fsp3) is 0.316. The number of nitrogens with zero attached hydrogens (tertiary/aromatic N) is 1. The maximum absolute atomic E-state index is 13.3. The lowest BCUT2D eigenvalue weighted by Crippen LogP contribution is -2.29. The lowest BCUT2D eigenvalue weighted by molar-refractivity contribution is 0.0783. The van der Waals surface area contributed by atoms with Crippen LogP contribution in [-0.2, 0) is 6.42 Å². The molecule has 0 saturated carbocycles. The molecule has 0 N–H and O–H groups in total. The summed E-state index contributed by atoms with van der Waals surface area (Å²) >= 11 is 1.56. The smallest absolute Gasteiger partial charge is 0.254 e. The van der Waals surface area contributed by atoms with E-state index in [0.717, 1.165) is 22.9 Å². The summed E-state index contributed by atoms with van der Waals surface area (Å²) in [6.07, 6.45) is 3.39. The lowest BCUT2D eigenvalue weighted by atomic mass is 9.98. The number of halogens is 2. The van der Waals surface area contributed by atoms with Crippen molar-refractivity contribution in [3.8, 4) is 0 Å². The lowest BCUT2D eigenvalue weighted by Gasteiger charge is -2.18. The van der Waals surface area contributed by atoms with Crippen molar-refractivity contribution in [3.63, 3.8) is 0 Å². The van der Waals surface area contributed by atoms with Crippen molar-refractivity contribution in [1.29, 1.82) is 0 Å². The molecule has 0 aromatic heterocycles. The predicted octanol–water partition coefficient (Wildman–Crippen LogP) is 4.39. The highest BCUT2D eigenvalue weighted by Gasteiger charge is 2.28. The highest BCUT2D eigenvalue weighted by Crippen LogP contribution is 2.26. The zero-order valence-electron chi connectivity index (χ0n) is 13.5. The first-order valence-corrected chi connectivity index (χ1v) is 9.16. The predicted molar refractivity (Wildman–Crippen MR) is 92.3 cm³/mol. The van der Waals surface area contributed by atoms with E-state index in [1.54, 1.807) is 11.8 Å². The maximum Gasteiger partial charge on any atom is 0.254 e. The number of thioether (sulfide) groups is 1.